The molecule has 4 aromatic carbocycles. The van der Waals surface area contributed by atoms with Crippen molar-refractivity contribution in [1.29, 1.82) is 0 Å². The molecule has 14 heteroatoms. The molecule has 12 nitrogen and oxygen atoms in total. The van der Waals surface area contributed by atoms with E-state index in [0.29, 0.717) is 75.0 Å². The Morgan fingerprint density at radius 3 is 1.42 bits per heavy atom. The standard InChI is InChI=1S/C45H62O12Si2/c1-53-59(54-2,55-3)25-9-23-57-29-38(50)19-15-34-27-36(17-21-44(34)52)45(41-12-6-4-10-39(41)40-11-5-7-13-42(40)45)35-16-20-43(51)33(26-35)14-18-37(49)28-56-22-8-24-58(30-46,31-47)32-48/h4-7,10-13,16-17,20-21,26-27,37-38,46-52H,8-9,14-15,18-19,22-25,28-32H2,1-3H3. The zero-order chi connectivity index (χ0) is 42.5. The van der Waals surface area contributed by atoms with Crippen molar-refractivity contribution in [2.24, 2.45) is 0 Å². The number of aliphatic hydroxyl groups excluding tert-OH is 5. The molecule has 0 aliphatic heterocycles. The van der Waals surface area contributed by atoms with Gasteiger partial charge in [-0.3, -0.25) is 0 Å². The van der Waals surface area contributed by atoms with Gasteiger partial charge in [0.15, 0.2) is 0 Å². The van der Waals surface area contributed by atoms with Crippen molar-refractivity contribution in [3.05, 3.63) is 118 Å². The first-order valence-electron chi connectivity index (χ1n) is 20.4. The molecule has 59 heavy (non-hydrogen) atoms. The summed E-state index contributed by atoms with van der Waals surface area (Å²) in [7, 11) is -0.490. The lowest BCUT2D eigenvalue weighted by Crippen LogP contribution is -2.48. The molecule has 1 aliphatic rings. The Bertz CT molecular complexity index is 1760. The van der Waals surface area contributed by atoms with Crippen molar-refractivity contribution < 1.29 is 58.5 Å². The predicted octanol–water partition coefficient (Wildman–Crippen LogP) is 4.78. The molecule has 0 heterocycles. The van der Waals surface area contributed by atoms with E-state index < -0.39 is 34.5 Å². The Morgan fingerprint density at radius 2 is 1.00 bits per heavy atom. The van der Waals surface area contributed by atoms with E-state index in [0.717, 1.165) is 33.4 Å². The highest BCUT2D eigenvalue weighted by atomic mass is 28.4. The quantitative estimate of drug-likeness (QED) is 0.0299. The second-order valence-corrected chi connectivity index (χ2v) is 23.1. The smallest absolute Gasteiger partial charge is 0.500 e. The molecule has 0 saturated carbocycles. The van der Waals surface area contributed by atoms with Gasteiger partial charge in [-0.1, -0.05) is 72.8 Å². The molecular weight excluding hydrogens is 789 g/mol. The first-order chi connectivity index (χ1) is 28.6. The first kappa shape index (κ1) is 46.6. The number of aryl methyl sites for hydroxylation is 2. The van der Waals surface area contributed by atoms with Crippen LogP contribution in [0.5, 0.6) is 11.5 Å². The molecule has 2 atom stereocenters. The van der Waals surface area contributed by atoms with E-state index in [9.17, 15) is 35.7 Å². The SMILES string of the molecule is CO[Si](CCCOCC(O)CCc1cc(C2(c3ccc(O)c(CCC(O)COCCC[Si](CO)(CO)CO)c3)c3ccccc3-c3ccccc32)ccc1O)(OC)OC. The summed E-state index contributed by atoms with van der Waals surface area (Å²) < 4.78 is 27.9. The number of aromatic hydroxyl groups is 2. The van der Waals surface area contributed by atoms with E-state index in [-0.39, 0.29) is 43.4 Å². The number of rotatable bonds is 26. The number of phenols is 2. The van der Waals surface area contributed by atoms with Crippen LogP contribution in [0.1, 0.15) is 59.1 Å². The van der Waals surface area contributed by atoms with Gasteiger partial charge in [0.25, 0.3) is 0 Å². The minimum atomic E-state index is -2.69. The molecule has 0 fully saturated rings. The number of phenolic OH excluding ortho intramolecular Hbond substituents is 2. The highest BCUT2D eigenvalue weighted by Gasteiger charge is 2.46. The molecule has 0 aromatic heterocycles. The summed E-state index contributed by atoms with van der Waals surface area (Å²) in [6, 6.07) is 29.0. The van der Waals surface area contributed by atoms with Crippen LogP contribution >= 0.6 is 0 Å². The summed E-state index contributed by atoms with van der Waals surface area (Å²) in [5, 5.41) is 73.0. The van der Waals surface area contributed by atoms with Gasteiger partial charge in [0, 0.05) is 59.3 Å². The maximum absolute atomic E-state index is 11.2. The number of hydrogen-bond donors (Lipinski definition) is 7. The van der Waals surface area contributed by atoms with Crippen LogP contribution in [0.25, 0.3) is 11.1 Å². The summed E-state index contributed by atoms with van der Waals surface area (Å²) in [5.74, 6) is 0.255. The topological polar surface area (TPSA) is 188 Å². The fourth-order valence-electron chi connectivity index (χ4n) is 8.19. The van der Waals surface area contributed by atoms with Crippen LogP contribution in [0.3, 0.4) is 0 Å². The van der Waals surface area contributed by atoms with E-state index in [1.807, 2.05) is 48.5 Å². The van der Waals surface area contributed by atoms with E-state index in [4.69, 9.17) is 22.8 Å². The third kappa shape index (κ3) is 10.7. The molecule has 4 aromatic rings. The van der Waals surface area contributed by atoms with Gasteiger partial charge < -0.3 is 58.5 Å². The van der Waals surface area contributed by atoms with E-state index >= 15 is 0 Å². The zero-order valence-corrected chi connectivity index (χ0v) is 36.5. The summed E-state index contributed by atoms with van der Waals surface area (Å²) in [4.78, 5) is 0. The number of benzene rings is 4. The van der Waals surface area contributed by atoms with Gasteiger partial charge in [0.05, 0.1) is 30.8 Å². The highest BCUT2D eigenvalue weighted by molar-refractivity contribution is 6.79. The fraction of sp³-hybridized carbons (Fsp3) is 0.467. The number of aliphatic hydroxyl groups is 5. The molecule has 2 unspecified atom stereocenters. The van der Waals surface area contributed by atoms with Crippen molar-refractivity contribution in [2.45, 2.75) is 68.2 Å². The van der Waals surface area contributed by atoms with Crippen molar-refractivity contribution in [3.63, 3.8) is 0 Å². The van der Waals surface area contributed by atoms with Crippen molar-refractivity contribution in [3.8, 4) is 22.6 Å². The number of fused-ring (bicyclic) bond motifs is 3. The molecule has 322 valence electrons. The lowest BCUT2D eigenvalue weighted by molar-refractivity contribution is 0.0310. The van der Waals surface area contributed by atoms with Crippen molar-refractivity contribution in [1.82, 2.24) is 0 Å². The van der Waals surface area contributed by atoms with Crippen molar-refractivity contribution in [2.75, 3.05) is 66.4 Å². The maximum Gasteiger partial charge on any atom is 0.500 e. The third-order valence-electron chi connectivity index (χ3n) is 11.8. The lowest BCUT2D eigenvalue weighted by atomic mass is 9.67. The van der Waals surface area contributed by atoms with Crippen LogP contribution in [0.15, 0.2) is 84.9 Å². The second kappa shape index (κ2) is 21.9. The van der Waals surface area contributed by atoms with Crippen molar-refractivity contribution >= 4 is 16.9 Å². The molecule has 7 N–H and O–H groups in total. The van der Waals surface area contributed by atoms with Gasteiger partial charge in [-0.15, -0.1) is 0 Å². The molecular formula is C45H62O12Si2. The molecule has 0 amide bonds. The molecule has 1 aliphatic carbocycles. The van der Waals surface area contributed by atoms with Gasteiger partial charge in [0.1, 0.15) is 19.6 Å². The molecule has 0 saturated heterocycles. The predicted molar refractivity (Wildman–Crippen MR) is 230 cm³/mol. The average Bonchev–Trinajstić information content (AvgIpc) is 3.57. The number of ether oxygens (including phenoxy) is 2. The van der Waals surface area contributed by atoms with Crippen LogP contribution in [0.2, 0.25) is 12.1 Å². The average molecular weight is 851 g/mol. The van der Waals surface area contributed by atoms with Gasteiger partial charge in [-0.25, -0.2) is 0 Å². The van der Waals surface area contributed by atoms with E-state index in [2.05, 4.69) is 24.3 Å². The summed E-state index contributed by atoms with van der Waals surface area (Å²) in [6.07, 6.45) is 0.598. The normalized spacial score (nSPS) is 14.6. The Balaban J connectivity index is 1.35. The summed E-state index contributed by atoms with van der Waals surface area (Å²) >= 11 is 0. The molecule has 0 spiro atoms. The van der Waals surface area contributed by atoms with Gasteiger partial charge in [0.2, 0.25) is 0 Å². The van der Waals surface area contributed by atoms with Crippen LogP contribution in [-0.4, -0.2) is 131 Å². The Morgan fingerprint density at radius 1 is 0.576 bits per heavy atom. The third-order valence-corrected chi connectivity index (χ3v) is 18.1. The lowest BCUT2D eigenvalue weighted by Gasteiger charge is -2.34. The van der Waals surface area contributed by atoms with Crippen LogP contribution in [0.4, 0.5) is 0 Å². The molecule has 5 rings (SSSR count). The monoisotopic (exact) mass is 850 g/mol. The van der Waals surface area contributed by atoms with E-state index in [1.165, 1.54) is 0 Å². The summed E-state index contributed by atoms with van der Waals surface area (Å²) in [6.45, 7) is 0.979. The Hall–Kier alpha value is -3.49. The minimum Gasteiger partial charge on any atom is -0.508 e. The first-order valence-corrected chi connectivity index (χ1v) is 25.2. The largest absolute Gasteiger partial charge is 0.508 e. The fourth-order valence-corrected chi connectivity index (χ4v) is 11.6. The van der Waals surface area contributed by atoms with E-state index in [1.54, 1.807) is 33.5 Å². The van der Waals surface area contributed by atoms with Crippen LogP contribution in [-0.2, 0) is 41.0 Å². The maximum atomic E-state index is 11.2. The Kier molecular flexibility index (Phi) is 17.3. The molecule has 0 radical (unpaired) electrons. The zero-order valence-electron chi connectivity index (χ0n) is 34.5. The van der Waals surface area contributed by atoms with Gasteiger partial charge in [-0.2, -0.15) is 0 Å². The minimum absolute atomic E-state index is 0.0906. The molecule has 0 bridgehead atoms. The highest BCUT2D eigenvalue weighted by Crippen LogP contribution is 2.56. The second-order valence-electron chi connectivity index (χ2n) is 15.5. The van der Waals surface area contributed by atoms with Crippen LogP contribution in [0, 0.1) is 0 Å². The van der Waals surface area contributed by atoms with Gasteiger partial charge in [-0.05, 0) is 101 Å². The summed E-state index contributed by atoms with van der Waals surface area (Å²) in [5.41, 5.74) is 6.71. The Labute approximate surface area is 350 Å². The van der Waals surface area contributed by atoms with Gasteiger partial charge >= 0.3 is 8.80 Å². The number of hydrogen-bond acceptors (Lipinski definition) is 12. The van der Waals surface area contributed by atoms with Crippen LogP contribution < -0.4 is 0 Å².